The van der Waals surface area contributed by atoms with Crippen LogP contribution in [0.2, 0.25) is 0 Å². The van der Waals surface area contributed by atoms with Gasteiger partial charge in [0.15, 0.2) is 0 Å². The lowest BCUT2D eigenvalue weighted by Gasteiger charge is -2.22. The maximum Gasteiger partial charge on any atom is 0.235 e. The third kappa shape index (κ3) is 3.95. The Morgan fingerprint density at radius 2 is 2.00 bits per heavy atom. The topological polar surface area (TPSA) is 70.5 Å². The number of sulfonamides is 1. The molecule has 0 amide bonds. The molecule has 21 heavy (non-hydrogen) atoms. The first-order chi connectivity index (χ1) is 10.0. The number of anilines is 1. The standard InChI is InChI=1S/C15H18N2O3S/c1-2-17(14-7-5-8-15(18)12-14)21(19,20)11-9-13-6-3-4-10-16-13/h3-8,10,12,18H,2,9,11H2,1H3. The summed E-state index contributed by atoms with van der Waals surface area (Å²) in [4.78, 5) is 4.13. The molecule has 1 N–H and O–H groups in total. The fourth-order valence-corrected chi connectivity index (χ4v) is 3.59. The number of phenols is 1. The summed E-state index contributed by atoms with van der Waals surface area (Å²) < 4.78 is 26.2. The number of aromatic nitrogens is 1. The highest BCUT2D eigenvalue weighted by atomic mass is 32.2. The minimum absolute atomic E-state index is 0.0203. The number of hydrogen-bond acceptors (Lipinski definition) is 4. The number of pyridine rings is 1. The van der Waals surface area contributed by atoms with Gasteiger partial charge in [-0.3, -0.25) is 9.29 Å². The minimum Gasteiger partial charge on any atom is -0.508 e. The molecule has 1 aromatic carbocycles. The molecule has 5 nitrogen and oxygen atoms in total. The molecule has 0 radical (unpaired) electrons. The fraction of sp³-hybridized carbons (Fsp3) is 0.267. The van der Waals surface area contributed by atoms with Crippen molar-refractivity contribution in [2.75, 3.05) is 16.6 Å². The van der Waals surface area contributed by atoms with Crippen LogP contribution in [0, 0.1) is 0 Å². The third-order valence-corrected chi connectivity index (χ3v) is 4.94. The first-order valence-electron chi connectivity index (χ1n) is 6.72. The summed E-state index contributed by atoms with van der Waals surface area (Å²) >= 11 is 0. The fourth-order valence-electron chi connectivity index (χ4n) is 2.08. The zero-order valence-corrected chi connectivity index (χ0v) is 12.6. The Hall–Kier alpha value is -2.08. The molecule has 0 saturated heterocycles. The molecular weight excluding hydrogens is 288 g/mol. The van der Waals surface area contributed by atoms with E-state index in [2.05, 4.69) is 4.98 Å². The van der Waals surface area contributed by atoms with E-state index in [1.807, 2.05) is 6.07 Å². The number of rotatable bonds is 6. The van der Waals surface area contributed by atoms with Crippen molar-refractivity contribution in [3.63, 3.8) is 0 Å². The van der Waals surface area contributed by atoms with Crippen LogP contribution in [-0.4, -0.2) is 30.8 Å². The summed E-state index contributed by atoms with van der Waals surface area (Å²) in [6.07, 6.45) is 2.01. The van der Waals surface area contributed by atoms with Gasteiger partial charge in [0.2, 0.25) is 10.0 Å². The largest absolute Gasteiger partial charge is 0.508 e. The summed E-state index contributed by atoms with van der Waals surface area (Å²) in [6, 6.07) is 11.7. The number of aromatic hydroxyl groups is 1. The Morgan fingerprint density at radius 3 is 2.62 bits per heavy atom. The average molecular weight is 306 g/mol. The Balaban J connectivity index is 2.16. The van der Waals surface area contributed by atoms with E-state index in [1.165, 1.54) is 16.4 Å². The van der Waals surface area contributed by atoms with E-state index < -0.39 is 10.0 Å². The van der Waals surface area contributed by atoms with Crippen LogP contribution in [0.3, 0.4) is 0 Å². The van der Waals surface area contributed by atoms with Crippen molar-refractivity contribution < 1.29 is 13.5 Å². The monoisotopic (exact) mass is 306 g/mol. The van der Waals surface area contributed by atoms with Crippen molar-refractivity contribution in [1.82, 2.24) is 4.98 Å². The summed E-state index contributed by atoms with van der Waals surface area (Å²) in [7, 11) is -3.46. The van der Waals surface area contributed by atoms with Gasteiger partial charge >= 0.3 is 0 Å². The van der Waals surface area contributed by atoms with Crippen LogP contribution >= 0.6 is 0 Å². The van der Waals surface area contributed by atoms with E-state index in [9.17, 15) is 13.5 Å². The van der Waals surface area contributed by atoms with Crippen molar-refractivity contribution in [3.8, 4) is 5.75 Å². The van der Waals surface area contributed by atoms with E-state index in [0.717, 1.165) is 5.69 Å². The zero-order chi connectivity index (χ0) is 15.3. The van der Waals surface area contributed by atoms with E-state index >= 15 is 0 Å². The lowest BCUT2D eigenvalue weighted by molar-refractivity contribution is 0.475. The van der Waals surface area contributed by atoms with Crippen LogP contribution in [0.1, 0.15) is 12.6 Å². The molecule has 2 rings (SSSR count). The van der Waals surface area contributed by atoms with E-state index in [0.29, 0.717) is 18.7 Å². The first kappa shape index (κ1) is 15.3. The SMILES string of the molecule is CCN(c1cccc(O)c1)S(=O)(=O)CCc1ccccn1. The van der Waals surface area contributed by atoms with Crippen LogP contribution < -0.4 is 4.31 Å². The van der Waals surface area contributed by atoms with Crippen LogP contribution in [-0.2, 0) is 16.4 Å². The van der Waals surface area contributed by atoms with Crippen molar-refractivity contribution in [2.45, 2.75) is 13.3 Å². The quantitative estimate of drug-likeness (QED) is 0.888. The molecule has 6 heteroatoms. The Labute approximate surface area is 124 Å². The second kappa shape index (κ2) is 6.58. The average Bonchev–Trinajstić information content (AvgIpc) is 2.47. The molecule has 0 atom stereocenters. The first-order valence-corrected chi connectivity index (χ1v) is 8.33. The summed E-state index contributed by atoms with van der Waals surface area (Å²) in [6.45, 7) is 2.08. The molecule has 0 aliphatic rings. The van der Waals surface area contributed by atoms with Gasteiger partial charge in [0, 0.05) is 30.9 Å². The second-order valence-corrected chi connectivity index (χ2v) is 6.58. The van der Waals surface area contributed by atoms with Crippen molar-refractivity contribution in [2.24, 2.45) is 0 Å². The number of phenolic OH excluding ortho intramolecular Hbond substituents is 1. The second-order valence-electron chi connectivity index (χ2n) is 4.57. The van der Waals surface area contributed by atoms with Gasteiger partial charge in [-0.2, -0.15) is 0 Å². The normalized spacial score (nSPS) is 11.3. The molecule has 0 spiro atoms. The molecule has 0 saturated carbocycles. The van der Waals surface area contributed by atoms with Gasteiger partial charge in [-0.15, -0.1) is 0 Å². The van der Waals surface area contributed by atoms with Gasteiger partial charge in [-0.05, 0) is 31.2 Å². The van der Waals surface area contributed by atoms with Crippen molar-refractivity contribution in [3.05, 3.63) is 54.4 Å². The van der Waals surface area contributed by atoms with Crippen LogP contribution in [0.5, 0.6) is 5.75 Å². The molecule has 1 aromatic heterocycles. The lowest BCUT2D eigenvalue weighted by atomic mass is 10.3. The molecule has 2 aromatic rings. The van der Waals surface area contributed by atoms with Crippen LogP contribution in [0.4, 0.5) is 5.69 Å². The molecule has 1 heterocycles. The van der Waals surface area contributed by atoms with E-state index in [4.69, 9.17) is 0 Å². The van der Waals surface area contributed by atoms with Gasteiger partial charge in [-0.1, -0.05) is 12.1 Å². The van der Waals surface area contributed by atoms with Crippen molar-refractivity contribution in [1.29, 1.82) is 0 Å². The number of nitrogens with zero attached hydrogens (tertiary/aromatic N) is 2. The molecule has 0 aliphatic heterocycles. The van der Waals surface area contributed by atoms with Gasteiger partial charge < -0.3 is 5.11 Å². The highest BCUT2D eigenvalue weighted by Crippen LogP contribution is 2.23. The predicted molar refractivity (Wildman–Crippen MR) is 82.9 cm³/mol. The van der Waals surface area contributed by atoms with Gasteiger partial charge in [0.05, 0.1) is 11.4 Å². The van der Waals surface area contributed by atoms with Gasteiger partial charge in [-0.25, -0.2) is 8.42 Å². The predicted octanol–water partition coefficient (Wildman–Crippen LogP) is 2.19. The number of benzene rings is 1. The maximum atomic E-state index is 12.5. The van der Waals surface area contributed by atoms with Crippen LogP contribution in [0.15, 0.2) is 48.7 Å². The maximum absolute atomic E-state index is 12.5. The highest BCUT2D eigenvalue weighted by Gasteiger charge is 2.21. The molecule has 0 aliphatic carbocycles. The Bertz CT molecular complexity index is 687. The third-order valence-electron chi connectivity index (χ3n) is 3.08. The smallest absolute Gasteiger partial charge is 0.235 e. The van der Waals surface area contributed by atoms with Crippen LogP contribution in [0.25, 0.3) is 0 Å². The zero-order valence-electron chi connectivity index (χ0n) is 11.8. The molecule has 0 fully saturated rings. The Morgan fingerprint density at radius 1 is 1.19 bits per heavy atom. The Kier molecular flexibility index (Phi) is 4.80. The van der Waals surface area contributed by atoms with Crippen molar-refractivity contribution >= 4 is 15.7 Å². The number of aryl methyl sites for hydroxylation is 1. The van der Waals surface area contributed by atoms with E-state index in [-0.39, 0.29) is 11.5 Å². The summed E-state index contributed by atoms with van der Waals surface area (Å²) in [5.41, 5.74) is 1.21. The number of hydrogen-bond donors (Lipinski definition) is 1. The lowest BCUT2D eigenvalue weighted by Crippen LogP contribution is -2.33. The summed E-state index contributed by atoms with van der Waals surface area (Å²) in [5.74, 6) is 0.0268. The highest BCUT2D eigenvalue weighted by molar-refractivity contribution is 7.92. The molecular formula is C15H18N2O3S. The van der Waals surface area contributed by atoms with E-state index in [1.54, 1.807) is 37.4 Å². The van der Waals surface area contributed by atoms with Gasteiger partial charge in [0.1, 0.15) is 5.75 Å². The molecule has 0 bridgehead atoms. The molecule has 112 valence electrons. The minimum atomic E-state index is -3.46. The van der Waals surface area contributed by atoms with Gasteiger partial charge in [0.25, 0.3) is 0 Å². The summed E-state index contributed by atoms with van der Waals surface area (Å²) in [5, 5.41) is 9.50. The molecule has 0 unspecified atom stereocenters.